The summed E-state index contributed by atoms with van der Waals surface area (Å²) in [4.78, 5) is 27.6. The van der Waals surface area contributed by atoms with Crippen LogP contribution in [0.5, 0.6) is 0 Å². The van der Waals surface area contributed by atoms with Crippen LogP contribution in [0, 0.1) is 5.92 Å². The molecule has 2 aromatic carbocycles. The predicted octanol–water partition coefficient (Wildman–Crippen LogP) is 7.15. The van der Waals surface area contributed by atoms with Crippen molar-refractivity contribution in [3.8, 4) is 0 Å². The van der Waals surface area contributed by atoms with Crippen molar-refractivity contribution in [3.05, 3.63) is 87.8 Å². The van der Waals surface area contributed by atoms with Crippen LogP contribution < -0.4 is 10.2 Å². The molecule has 1 amide bonds. The van der Waals surface area contributed by atoms with Gasteiger partial charge in [-0.05, 0) is 81.2 Å². The Kier molecular flexibility index (Phi) is 10.4. The van der Waals surface area contributed by atoms with E-state index in [-0.39, 0.29) is 43.3 Å². The topological polar surface area (TPSA) is 77.1 Å². The van der Waals surface area contributed by atoms with Crippen LogP contribution in [0.4, 0.5) is 18.9 Å². The van der Waals surface area contributed by atoms with E-state index in [1.165, 1.54) is 11.0 Å². The van der Waals surface area contributed by atoms with Crippen LogP contribution >= 0.6 is 11.6 Å². The van der Waals surface area contributed by atoms with Gasteiger partial charge in [0.15, 0.2) is 0 Å². The average molecular weight is 635 g/mol. The average Bonchev–Trinajstić information content (AvgIpc) is 3.37. The molecule has 1 heterocycles. The molecular weight excluding hydrogens is 597 g/mol. The van der Waals surface area contributed by atoms with Crippen molar-refractivity contribution in [1.82, 2.24) is 5.32 Å². The molecule has 0 bridgehead atoms. The van der Waals surface area contributed by atoms with Gasteiger partial charge < -0.3 is 24.4 Å². The maximum absolute atomic E-state index is 14.1. The summed E-state index contributed by atoms with van der Waals surface area (Å²) in [5.74, 6) is -0.415. The Morgan fingerprint density at radius 1 is 1.11 bits per heavy atom. The fourth-order valence-electron chi connectivity index (χ4n) is 5.20. The second-order valence-corrected chi connectivity index (χ2v) is 12.3. The Morgan fingerprint density at radius 3 is 2.45 bits per heavy atom. The molecule has 11 heteroatoms. The molecule has 0 fully saturated rings. The van der Waals surface area contributed by atoms with Gasteiger partial charge in [0.05, 0.1) is 18.3 Å². The van der Waals surface area contributed by atoms with Crippen LogP contribution in [0.25, 0.3) is 0 Å². The van der Waals surface area contributed by atoms with Crippen molar-refractivity contribution in [3.63, 3.8) is 0 Å². The summed E-state index contributed by atoms with van der Waals surface area (Å²) in [7, 11) is 1.57. The zero-order valence-electron chi connectivity index (χ0n) is 25.5. The van der Waals surface area contributed by atoms with Crippen molar-refractivity contribution in [1.29, 1.82) is 0 Å². The summed E-state index contributed by atoms with van der Waals surface area (Å²) in [6.07, 6.45) is -0.220. The minimum atomic E-state index is -4.53. The zero-order valence-corrected chi connectivity index (χ0v) is 26.2. The lowest BCUT2D eigenvalue weighted by Crippen LogP contribution is -2.42. The predicted molar refractivity (Wildman–Crippen MR) is 162 cm³/mol. The number of anilines is 1. The summed E-state index contributed by atoms with van der Waals surface area (Å²) >= 11 is 6.13. The maximum Gasteiger partial charge on any atom is 0.416 e. The Hall–Kier alpha value is -3.50. The third kappa shape index (κ3) is 8.35. The number of amides is 1. The van der Waals surface area contributed by atoms with E-state index in [1.807, 2.05) is 33.8 Å². The fourth-order valence-corrected chi connectivity index (χ4v) is 5.33. The van der Waals surface area contributed by atoms with Crippen LogP contribution in [0.2, 0.25) is 5.02 Å². The standard InChI is InChI=1S/C33H38ClF3N2O5/c1-20-26(18-25(19-28(20)42-5)43-16-6-7-29(40)44-32(2,3)4)38-30(22-9-12-24(34)13-10-22)31(41)39-15-14-21-8-11-23(17-27(21)39)33(35,36)37/h8-13,17-20,28,30,38H,6-7,14-16H2,1-5H3. The summed E-state index contributed by atoms with van der Waals surface area (Å²) in [6, 6.07) is 9.33. The van der Waals surface area contributed by atoms with Crippen LogP contribution in [0.1, 0.15) is 63.3 Å². The molecule has 1 N–H and O–H groups in total. The van der Waals surface area contributed by atoms with E-state index in [9.17, 15) is 22.8 Å². The number of rotatable bonds is 10. The quantitative estimate of drug-likeness (QED) is 0.221. The van der Waals surface area contributed by atoms with Gasteiger partial charge in [0.25, 0.3) is 5.91 Å². The van der Waals surface area contributed by atoms with E-state index >= 15 is 0 Å². The van der Waals surface area contributed by atoms with E-state index in [0.717, 1.165) is 12.1 Å². The van der Waals surface area contributed by atoms with Crippen molar-refractivity contribution in [2.24, 2.45) is 5.92 Å². The van der Waals surface area contributed by atoms with Gasteiger partial charge in [-0.15, -0.1) is 0 Å². The van der Waals surface area contributed by atoms with Gasteiger partial charge in [-0.25, -0.2) is 0 Å². The van der Waals surface area contributed by atoms with Gasteiger partial charge in [-0.1, -0.05) is 36.7 Å². The first kappa shape index (κ1) is 33.4. The van der Waals surface area contributed by atoms with E-state index < -0.39 is 29.3 Å². The van der Waals surface area contributed by atoms with E-state index in [2.05, 4.69) is 5.32 Å². The Balaban J connectivity index is 1.57. The normalized spacial score (nSPS) is 19.1. The highest BCUT2D eigenvalue weighted by molar-refractivity contribution is 6.30. The molecule has 0 saturated heterocycles. The number of hydrogen-bond donors (Lipinski definition) is 1. The second kappa shape index (κ2) is 13.6. The third-order valence-electron chi connectivity index (χ3n) is 7.43. The number of halogens is 4. The number of nitrogens with one attached hydrogen (secondary N) is 1. The molecule has 0 spiro atoms. The van der Waals surface area contributed by atoms with Crippen LogP contribution in [-0.4, -0.2) is 43.8 Å². The minimum absolute atomic E-state index is 0.198. The first-order chi connectivity index (χ1) is 20.7. The van der Waals surface area contributed by atoms with Gasteiger partial charge in [-0.3, -0.25) is 9.59 Å². The SMILES string of the molecule is COC1C=C(OCCCC(=O)OC(C)(C)C)C=C(NC(C(=O)N2CCc3ccc(C(F)(F)F)cc32)c2ccc(Cl)cc2)C1C. The number of benzene rings is 2. The van der Waals surface area contributed by atoms with Crippen LogP contribution in [0.15, 0.2) is 66.1 Å². The number of carbonyl (C=O) groups excluding carboxylic acids is 2. The number of esters is 1. The summed E-state index contributed by atoms with van der Waals surface area (Å²) in [6.45, 7) is 7.87. The molecule has 44 heavy (non-hydrogen) atoms. The molecule has 2 aliphatic rings. The Morgan fingerprint density at radius 2 is 1.82 bits per heavy atom. The van der Waals surface area contributed by atoms with Crippen molar-refractivity contribution >= 4 is 29.2 Å². The van der Waals surface area contributed by atoms with Crippen molar-refractivity contribution in [2.75, 3.05) is 25.2 Å². The number of nitrogens with zero attached hydrogens (tertiary/aromatic N) is 1. The van der Waals surface area contributed by atoms with Crippen LogP contribution in [0.3, 0.4) is 0 Å². The van der Waals surface area contributed by atoms with E-state index in [0.29, 0.717) is 40.4 Å². The number of alkyl halides is 3. The second-order valence-electron chi connectivity index (χ2n) is 11.9. The highest BCUT2D eigenvalue weighted by Gasteiger charge is 2.37. The molecule has 7 nitrogen and oxygen atoms in total. The minimum Gasteiger partial charge on any atom is -0.494 e. The Bertz CT molecular complexity index is 1420. The summed E-state index contributed by atoms with van der Waals surface area (Å²) in [5, 5.41) is 3.83. The molecule has 238 valence electrons. The highest BCUT2D eigenvalue weighted by Crippen LogP contribution is 2.38. The van der Waals surface area contributed by atoms with Gasteiger partial charge in [0.2, 0.25) is 0 Å². The zero-order chi connectivity index (χ0) is 32.2. The number of ether oxygens (including phenoxy) is 3. The van der Waals surface area contributed by atoms with Gasteiger partial charge in [-0.2, -0.15) is 13.2 Å². The molecular formula is C33H38ClF3N2O5. The van der Waals surface area contributed by atoms with Crippen molar-refractivity contribution < 1.29 is 37.0 Å². The first-order valence-corrected chi connectivity index (χ1v) is 14.9. The molecule has 0 radical (unpaired) electrons. The van der Waals surface area contributed by atoms with Crippen LogP contribution in [-0.2, 0) is 36.4 Å². The monoisotopic (exact) mass is 634 g/mol. The number of fused-ring (bicyclic) bond motifs is 1. The largest absolute Gasteiger partial charge is 0.494 e. The smallest absolute Gasteiger partial charge is 0.416 e. The molecule has 0 aromatic heterocycles. The lowest BCUT2D eigenvalue weighted by Gasteiger charge is -2.33. The first-order valence-electron chi connectivity index (χ1n) is 14.5. The molecule has 0 saturated carbocycles. The van der Waals surface area contributed by atoms with Gasteiger partial charge in [0.1, 0.15) is 17.4 Å². The number of methoxy groups -OCH3 is 1. The van der Waals surface area contributed by atoms with Gasteiger partial charge in [0, 0.05) is 42.4 Å². The number of carbonyl (C=O) groups is 2. The Labute approximate surface area is 261 Å². The van der Waals surface area contributed by atoms with E-state index in [4.69, 9.17) is 25.8 Å². The molecule has 1 aliphatic heterocycles. The molecule has 4 rings (SSSR count). The fraction of sp³-hybridized carbons (Fsp3) is 0.455. The molecule has 3 unspecified atom stereocenters. The van der Waals surface area contributed by atoms with Crippen molar-refractivity contribution in [2.45, 2.75) is 70.9 Å². The molecule has 2 aromatic rings. The summed E-state index contributed by atoms with van der Waals surface area (Å²) in [5.41, 5.74) is 0.799. The third-order valence-corrected chi connectivity index (χ3v) is 7.68. The lowest BCUT2D eigenvalue weighted by atomic mass is 9.93. The molecule has 3 atom stereocenters. The summed E-state index contributed by atoms with van der Waals surface area (Å²) < 4.78 is 57.6. The lowest BCUT2D eigenvalue weighted by molar-refractivity contribution is -0.155. The number of allylic oxidation sites excluding steroid dienone is 1. The molecule has 1 aliphatic carbocycles. The van der Waals surface area contributed by atoms with E-state index in [1.54, 1.807) is 37.5 Å². The number of hydrogen-bond acceptors (Lipinski definition) is 6. The highest BCUT2D eigenvalue weighted by atomic mass is 35.5. The maximum atomic E-state index is 14.1. The van der Waals surface area contributed by atoms with Gasteiger partial charge >= 0.3 is 12.1 Å².